The molecule has 0 N–H and O–H groups in total. The highest BCUT2D eigenvalue weighted by Gasteiger charge is 2.01. The maximum Gasteiger partial charge on any atom is 0.160 e. The van der Waals surface area contributed by atoms with Crippen molar-refractivity contribution in [2.75, 3.05) is 0 Å². The molecule has 0 radical (unpaired) electrons. The van der Waals surface area contributed by atoms with Crippen molar-refractivity contribution in [2.24, 2.45) is 0 Å². The van der Waals surface area contributed by atoms with Crippen LogP contribution in [-0.4, -0.2) is 6.29 Å². The van der Waals surface area contributed by atoms with Crippen molar-refractivity contribution in [1.29, 1.82) is 0 Å². The molecule has 0 aromatic carbocycles. The molecule has 0 atom stereocenters. The van der Waals surface area contributed by atoms with E-state index < -0.39 is 0 Å². The van der Waals surface area contributed by atoms with E-state index in [0.717, 1.165) is 21.6 Å². The van der Waals surface area contributed by atoms with E-state index in [-0.39, 0.29) is 0 Å². The first-order chi connectivity index (χ1) is 4.77. The van der Waals surface area contributed by atoms with Crippen molar-refractivity contribution < 1.29 is 4.79 Å². The number of rotatable bonds is 2. The lowest BCUT2D eigenvalue weighted by molar-refractivity contribution is 0.112. The molecule has 0 spiro atoms. The summed E-state index contributed by atoms with van der Waals surface area (Å²) in [6, 6.07) is 1.83. The molecule has 0 unspecified atom stereocenters. The lowest BCUT2D eigenvalue weighted by Gasteiger charge is -1.86. The Morgan fingerprint density at radius 2 is 2.50 bits per heavy atom. The van der Waals surface area contributed by atoms with Crippen molar-refractivity contribution in [3.8, 4) is 0 Å². The fourth-order valence-corrected chi connectivity index (χ4v) is 1.96. The third kappa shape index (κ3) is 1.39. The summed E-state index contributed by atoms with van der Waals surface area (Å²) >= 11 is 7.08. The van der Waals surface area contributed by atoms with Gasteiger partial charge in [-0.25, -0.2) is 0 Å². The molecule has 0 aliphatic carbocycles. The predicted octanol–water partition coefficient (Wildman–Crippen LogP) is 2.61. The van der Waals surface area contributed by atoms with Gasteiger partial charge in [-0.1, -0.05) is 0 Å². The third-order valence-electron chi connectivity index (χ3n) is 1.30. The smallest absolute Gasteiger partial charge is 0.160 e. The summed E-state index contributed by atoms with van der Waals surface area (Å²) in [6.07, 6.45) is 0.855. The van der Waals surface area contributed by atoms with Crippen LogP contribution >= 0.6 is 22.9 Å². The van der Waals surface area contributed by atoms with Crippen molar-refractivity contribution in [3.05, 3.63) is 21.4 Å². The normalized spacial score (nSPS) is 9.80. The van der Waals surface area contributed by atoms with Crippen LogP contribution in [0.5, 0.6) is 0 Å². The van der Waals surface area contributed by atoms with Crippen LogP contribution in [0.1, 0.15) is 20.1 Å². The average molecular weight is 175 g/mol. The van der Waals surface area contributed by atoms with Gasteiger partial charge in [-0.3, -0.25) is 4.79 Å². The van der Waals surface area contributed by atoms with E-state index in [0.29, 0.717) is 5.88 Å². The number of hydrogen-bond donors (Lipinski definition) is 0. The number of aldehydes is 1. The van der Waals surface area contributed by atoms with Crippen molar-refractivity contribution >= 4 is 29.2 Å². The van der Waals surface area contributed by atoms with E-state index in [1.54, 1.807) is 0 Å². The minimum absolute atomic E-state index is 0.496. The van der Waals surface area contributed by atoms with Crippen molar-refractivity contribution in [1.82, 2.24) is 0 Å². The summed E-state index contributed by atoms with van der Waals surface area (Å²) in [4.78, 5) is 12.1. The molecule has 10 heavy (non-hydrogen) atoms. The Morgan fingerprint density at radius 3 is 2.80 bits per heavy atom. The van der Waals surface area contributed by atoms with Gasteiger partial charge in [0.05, 0.1) is 4.88 Å². The molecule has 1 rings (SSSR count). The van der Waals surface area contributed by atoms with E-state index in [9.17, 15) is 4.79 Å². The predicted molar refractivity (Wildman–Crippen MR) is 44.0 cm³/mol. The van der Waals surface area contributed by atoms with Crippen LogP contribution in [0.4, 0.5) is 0 Å². The molecule has 3 heteroatoms. The van der Waals surface area contributed by atoms with Gasteiger partial charge in [0.15, 0.2) is 6.29 Å². The molecule has 0 saturated heterocycles. The molecule has 1 heterocycles. The summed E-state index contributed by atoms with van der Waals surface area (Å²) in [5.41, 5.74) is 1.06. The number of thiophene rings is 1. The molecule has 0 saturated carbocycles. The number of aryl methyl sites for hydroxylation is 1. The highest BCUT2D eigenvalue weighted by molar-refractivity contribution is 7.13. The molecule has 54 valence electrons. The van der Waals surface area contributed by atoms with Crippen LogP contribution in [0.25, 0.3) is 0 Å². The molecule has 0 amide bonds. The SMILES string of the molecule is Cc1sc(C=O)cc1CCl. The van der Waals surface area contributed by atoms with E-state index in [2.05, 4.69) is 0 Å². The minimum Gasteiger partial charge on any atom is -0.297 e. The van der Waals surface area contributed by atoms with Gasteiger partial charge in [0.2, 0.25) is 0 Å². The molecule has 0 aliphatic heterocycles. The van der Waals surface area contributed by atoms with Gasteiger partial charge in [0.25, 0.3) is 0 Å². The Kier molecular flexibility index (Phi) is 2.46. The van der Waals surface area contributed by atoms with Gasteiger partial charge in [0.1, 0.15) is 0 Å². The van der Waals surface area contributed by atoms with E-state index in [1.807, 2.05) is 13.0 Å². The summed E-state index contributed by atoms with van der Waals surface area (Å²) in [6.45, 7) is 1.97. The Bertz CT molecular complexity index is 242. The lowest BCUT2D eigenvalue weighted by atomic mass is 10.3. The maximum atomic E-state index is 10.3. The maximum absolute atomic E-state index is 10.3. The highest BCUT2D eigenvalue weighted by atomic mass is 35.5. The summed E-state index contributed by atoms with van der Waals surface area (Å²) < 4.78 is 0. The van der Waals surface area contributed by atoms with Gasteiger partial charge in [0, 0.05) is 10.8 Å². The molecule has 0 aliphatic rings. The molecular formula is C7H7ClOS. The van der Waals surface area contributed by atoms with Crippen molar-refractivity contribution in [2.45, 2.75) is 12.8 Å². The van der Waals surface area contributed by atoms with Gasteiger partial charge in [-0.05, 0) is 18.6 Å². The van der Waals surface area contributed by atoms with E-state index in [4.69, 9.17) is 11.6 Å². The fourth-order valence-electron chi connectivity index (χ4n) is 0.736. The van der Waals surface area contributed by atoms with E-state index in [1.165, 1.54) is 11.3 Å². The molecule has 0 fully saturated rings. The quantitative estimate of drug-likeness (QED) is 0.498. The van der Waals surface area contributed by atoms with Gasteiger partial charge in [-0.2, -0.15) is 0 Å². The Morgan fingerprint density at radius 1 is 1.80 bits per heavy atom. The van der Waals surface area contributed by atoms with Crippen LogP contribution in [-0.2, 0) is 5.88 Å². The minimum atomic E-state index is 0.496. The number of carbonyl (C=O) groups is 1. The van der Waals surface area contributed by atoms with Crippen LogP contribution in [0.15, 0.2) is 6.07 Å². The number of halogens is 1. The number of alkyl halides is 1. The summed E-state index contributed by atoms with van der Waals surface area (Å²) in [5.74, 6) is 0.496. The molecule has 1 nitrogen and oxygen atoms in total. The zero-order chi connectivity index (χ0) is 7.56. The monoisotopic (exact) mass is 174 g/mol. The standard InChI is InChI=1S/C7H7ClOS/c1-5-6(3-8)2-7(4-9)10-5/h2,4H,3H2,1H3. The molecule has 1 aromatic rings. The largest absolute Gasteiger partial charge is 0.297 e. The molecule has 0 bridgehead atoms. The Hall–Kier alpha value is -0.340. The third-order valence-corrected chi connectivity index (χ3v) is 2.61. The van der Waals surface area contributed by atoms with Crippen molar-refractivity contribution in [3.63, 3.8) is 0 Å². The first-order valence-corrected chi connectivity index (χ1v) is 4.23. The summed E-state index contributed by atoms with van der Waals surface area (Å²) in [7, 11) is 0. The molecule has 1 aromatic heterocycles. The average Bonchev–Trinajstić information content (AvgIpc) is 2.30. The fraction of sp³-hybridized carbons (Fsp3) is 0.286. The van der Waals surface area contributed by atoms with Gasteiger partial charge >= 0.3 is 0 Å². The van der Waals surface area contributed by atoms with Gasteiger partial charge in [-0.15, -0.1) is 22.9 Å². The Labute approximate surface area is 68.6 Å². The van der Waals surface area contributed by atoms with Gasteiger partial charge < -0.3 is 0 Å². The van der Waals surface area contributed by atoms with Crippen LogP contribution in [0.2, 0.25) is 0 Å². The Balaban J connectivity index is 3.03. The second-order valence-electron chi connectivity index (χ2n) is 1.98. The van der Waals surface area contributed by atoms with Crippen LogP contribution in [0.3, 0.4) is 0 Å². The van der Waals surface area contributed by atoms with E-state index >= 15 is 0 Å². The first kappa shape index (κ1) is 7.76. The zero-order valence-corrected chi connectivity index (χ0v) is 7.13. The first-order valence-electron chi connectivity index (χ1n) is 2.88. The molecular weight excluding hydrogens is 168 g/mol. The van der Waals surface area contributed by atoms with Crippen LogP contribution in [0, 0.1) is 6.92 Å². The lowest BCUT2D eigenvalue weighted by Crippen LogP contribution is -1.72. The second kappa shape index (κ2) is 3.17. The second-order valence-corrected chi connectivity index (χ2v) is 3.54. The topological polar surface area (TPSA) is 17.1 Å². The zero-order valence-electron chi connectivity index (χ0n) is 5.56. The highest BCUT2D eigenvalue weighted by Crippen LogP contribution is 2.21. The number of hydrogen-bond acceptors (Lipinski definition) is 2. The number of carbonyl (C=O) groups excluding carboxylic acids is 1. The summed E-state index contributed by atoms with van der Waals surface area (Å²) in [5, 5.41) is 0. The van der Waals surface area contributed by atoms with Crippen LogP contribution < -0.4 is 0 Å².